The minimum absolute atomic E-state index is 0.239. The van der Waals surface area contributed by atoms with E-state index in [4.69, 9.17) is 17.0 Å². The van der Waals surface area contributed by atoms with Crippen molar-refractivity contribution in [1.82, 2.24) is 4.90 Å². The van der Waals surface area contributed by atoms with Crippen LogP contribution in [0.15, 0.2) is 29.2 Å². The third-order valence-electron chi connectivity index (χ3n) is 3.28. The highest BCUT2D eigenvalue weighted by molar-refractivity contribution is 8.26. The maximum Gasteiger partial charge on any atom is 0.266 e. The lowest BCUT2D eigenvalue weighted by Crippen LogP contribution is -2.49. The van der Waals surface area contributed by atoms with Crippen LogP contribution in [0.5, 0.6) is 5.75 Å². The standard InChI is InChI=1S/C16H17NO4S2/c1-3-12(15(19)20)17-14(18)13(23-16(17)22)9-10-5-7-11(8-6-10)21-4-2/h5-9,12H,3-4H2,1-2H3,(H,19,20)/p-1/b13-9-/t12-/m0/s1. The highest BCUT2D eigenvalue weighted by Crippen LogP contribution is 2.34. The van der Waals surface area contributed by atoms with Crippen LogP contribution in [0.4, 0.5) is 0 Å². The zero-order valence-corrected chi connectivity index (χ0v) is 14.4. The van der Waals surface area contributed by atoms with Crippen molar-refractivity contribution in [2.24, 2.45) is 0 Å². The predicted octanol–water partition coefficient (Wildman–Crippen LogP) is 1.81. The molecular weight excluding hydrogens is 334 g/mol. The van der Waals surface area contributed by atoms with E-state index in [1.165, 1.54) is 0 Å². The van der Waals surface area contributed by atoms with Gasteiger partial charge in [-0.15, -0.1) is 0 Å². The van der Waals surface area contributed by atoms with E-state index >= 15 is 0 Å². The summed E-state index contributed by atoms with van der Waals surface area (Å²) in [5.41, 5.74) is 0.815. The van der Waals surface area contributed by atoms with Gasteiger partial charge in [-0.25, -0.2) is 0 Å². The minimum atomic E-state index is -1.30. The van der Waals surface area contributed by atoms with Gasteiger partial charge in [-0.3, -0.25) is 9.69 Å². The number of hydrogen-bond donors (Lipinski definition) is 0. The zero-order chi connectivity index (χ0) is 17.0. The molecule has 1 amide bonds. The Hall–Kier alpha value is -1.86. The van der Waals surface area contributed by atoms with Gasteiger partial charge >= 0.3 is 0 Å². The summed E-state index contributed by atoms with van der Waals surface area (Å²) in [6.45, 7) is 4.16. The second kappa shape index (κ2) is 7.61. The Labute approximate surface area is 144 Å². The van der Waals surface area contributed by atoms with Gasteiger partial charge in [-0.2, -0.15) is 0 Å². The summed E-state index contributed by atoms with van der Waals surface area (Å²) in [5, 5.41) is 11.2. The summed E-state index contributed by atoms with van der Waals surface area (Å²) in [6.07, 6.45) is 1.93. The first kappa shape index (κ1) is 17.5. The third kappa shape index (κ3) is 3.92. The second-order valence-electron chi connectivity index (χ2n) is 4.80. The molecule has 0 aromatic heterocycles. The molecule has 122 valence electrons. The maximum atomic E-state index is 12.4. The third-order valence-corrected chi connectivity index (χ3v) is 4.61. The largest absolute Gasteiger partial charge is 0.548 e. The van der Waals surface area contributed by atoms with Crippen LogP contribution in [0, 0.1) is 0 Å². The molecule has 0 aliphatic carbocycles. The van der Waals surface area contributed by atoms with Crippen LogP contribution in [-0.4, -0.2) is 33.7 Å². The van der Waals surface area contributed by atoms with Crippen molar-refractivity contribution in [2.75, 3.05) is 6.61 Å². The lowest BCUT2D eigenvalue weighted by molar-refractivity contribution is -0.310. The summed E-state index contributed by atoms with van der Waals surface area (Å²) in [5.74, 6) is -0.948. The molecule has 0 radical (unpaired) electrons. The first-order chi connectivity index (χ1) is 11.0. The van der Waals surface area contributed by atoms with E-state index in [1.807, 2.05) is 31.2 Å². The first-order valence-electron chi connectivity index (χ1n) is 7.18. The molecule has 1 saturated heterocycles. The van der Waals surface area contributed by atoms with Gasteiger partial charge < -0.3 is 14.6 Å². The Kier molecular flexibility index (Phi) is 5.79. The van der Waals surface area contributed by atoms with Crippen molar-refractivity contribution in [2.45, 2.75) is 26.3 Å². The molecule has 1 aromatic rings. The van der Waals surface area contributed by atoms with E-state index in [0.717, 1.165) is 28.0 Å². The van der Waals surface area contributed by atoms with Crippen molar-refractivity contribution in [3.63, 3.8) is 0 Å². The molecule has 1 heterocycles. The fraction of sp³-hybridized carbons (Fsp3) is 0.312. The number of nitrogens with zero attached hydrogens (tertiary/aromatic N) is 1. The van der Waals surface area contributed by atoms with Gasteiger partial charge in [0.2, 0.25) is 0 Å². The number of thioether (sulfide) groups is 1. The van der Waals surface area contributed by atoms with E-state index in [-0.39, 0.29) is 10.7 Å². The fourth-order valence-electron chi connectivity index (χ4n) is 2.18. The van der Waals surface area contributed by atoms with E-state index in [0.29, 0.717) is 11.5 Å². The highest BCUT2D eigenvalue weighted by atomic mass is 32.2. The number of carbonyl (C=O) groups excluding carboxylic acids is 2. The van der Waals surface area contributed by atoms with Gasteiger partial charge in [0, 0.05) is 0 Å². The molecular formula is C16H16NO4S2-. The summed E-state index contributed by atoms with van der Waals surface area (Å²) in [4.78, 5) is 25.1. The number of aliphatic carboxylic acids is 1. The van der Waals surface area contributed by atoms with Crippen LogP contribution < -0.4 is 9.84 Å². The summed E-state index contributed by atoms with van der Waals surface area (Å²) in [7, 11) is 0. The van der Waals surface area contributed by atoms with Crippen molar-refractivity contribution in [3.05, 3.63) is 34.7 Å². The van der Waals surface area contributed by atoms with Crippen LogP contribution in [0.2, 0.25) is 0 Å². The smallest absolute Gasteiger partial charge is 0.266 e. The zero-order valence-electron chi connectivity index (χ0n) is 12.8. The Morgan fingerprint density at radius 1 is 1.39 bits per heavy atom. The quantitative estimate of drug-likeness (QED) is 0.576. The Morgan fingerprint density at radius 3 is 2.57 bits per heavy atom. The SMILES string of the molecule is CCOc1ccc(/C=C2\SC(=S)N([C@@H](CC)C(=O)[O-])C2=O)cc1. The molecule has 1 fully saturated rings. The number of carbonyl (C=O) groups is 2. The molecule has 5 nitrogen and oxygen atoms in total. The van der Waals surface area contributed by atoms with Crippen LogP contribution in [0.3, 0.4) is 0 Å². The number of hydrogen-bond acceptors (Lipinski definition) is 6. The van der Waals surface area contributed by atoms with Gasteiger partial charge in [0.1, 0.15) is 10.1 Å². The lowest BCUT2D eigenvalue weighted by Gasteiger charge is -2.26. The lowest BCUT2D eigenvalue weighted by atomic mass is 10.1. The van der Waals surface area contributed by atoms with Crippen LogP contribution in [-0.2, 0) is 9.59 Å². The maximum absolute atomic E-state index is 12.4. The van der Waals surface area contributed by atoms with Gasteiger partial charge in [0.15, 0.2) is 0 Å². The average Bonchev–Trinajstić information content (AvgIpc) is 2.78. The molecule has 0 bridgehead atoms. The van der Waals surface area contributed by atoms with Crippen molar-refractivity contribution < 1.29 is 19.4 Å². The van der Waals surface area contributed by atoms with Gasteiger partial charge in [-0.05, 0) is 37.1 Å². The minimum Gasteiger partial charge on any atom is -0.548 e. The van der Waals surface area contributed by atoms with Crippen LogP contribution in [0.25, 0.3) is 6.08 Å². The van der Waals surface area contributed by atoms with Crippen molar-refractivity contribution in [3.8, 4) is 5.75 Å². The van der Waals surface area contributed by atoms with Gasteiger partial charge in [-0.1, -0.05) is 43.0 Å². The van der Waals surface area contributed by atoms with Crippen LogP contribution >= 0.6 is 24.0 Å². The van der Waals surface area contributed by atoms with Gasteiger partial charge in [0.25, 0.3) is 5.91 Å². The van der Waals surface area contributed by atoms with Gasteiger partial charge in [0.05, 0.1) is 23.5 Å². The first-order valence-corrected chi connectivity index (χ1v) is 8.41. The van der Waals surface area contributed by atoms with Crippen LogP contribution in [0.1, 0.15) is 25.8 Å². The highest BCUT2D eigenvalue weighted by Gasteiger charge is 2.36. The molecule has 1 aliphatic heterocycles. The number of rotatable bonds is 6. The predicted molar refractivity (Wildman–Crippen MR) is 91.7 cm³/mol. The molecule has 0 spiro atoms. The van der Waals surface area contributed by atoms with Crippen molar-refractivity contribution in [1.29, 1.82) is 0 Å². The Morgan fingerprint density at radius 2 is 2.04 bits per heavy atom. The summed E-state index contributed by atoms with van der Waals surface area (Å²) in [6, 6.07) is 6.24. The average molecular weight is 350 g/mol. The summed E-state index contributed by atoms with van der Waals surface area (Å²) >= 11 is 6.24. The van der Waals surface area contributed by atoms with E-state index in [1.54, 1.807) is 13.0 Å². The fourth-order valence-corrected chi connectivity index (χ4v) is 3.54. The molecule has 1 atom stereocenters. The molecule has 0 N–H and O–H groups in total. The monoisotopic (exact) mass is 350 g/mol. The Balaban J connectivity index is 2.22. The van der Waals surface area contributed by atoms with E-state index in [2.05, 4.69) is 0 Å². The normalized spacial score (nSPS) is 17.7. The summed E-state index contributed by atoms with van der Waals surface area (Å²) < 4.78 is 5.60. The van der Waals surface area contributed by atoms with E-state index in [9.17, 15) is 14.7 Å². The molecule has 2 rings (SSSR count). The molecule has 7 heteroatoms. The number of carboxylic acid groups (broad SMARTS) is 1. The number of ether oxygens (including phenoxy) is 1. The topological polar surface area (TPSA) is 69.7 Å². The second-order valence-corrected chi connectivity index (χ2v) is 6.47. The Bertz CT molecular complexity index is 655. The number of carboxylic acids is 1. The number of thiocarbonyl (C=S) groups is 1. The molecule has 0 saturated carbocycles. The molecule has 23 heavy (non-hydrogen) atoms. The van der Waals surface area contributed by atoms with E-state index < -0.39 is 17.9 Å². The molecule has 1 aliphatic rings. The molecule has 0 unspecified atom stereocenters. The molecule has 1 aromatic carbocycles. The number of amides is 1. The van der Waals surface area contributed by atoms with Crippen molar-refractivity contribution >= 4 is 46.3 Å². The number of benzene rings is 1.